The first-order valence-electron chi connectivity index (χ1n) is 8.26. The van der Waals surface area contributed by atoms with Crippen molar-refractivity contribution >= 4 is 11.7 Å². The van der Waals surface area contributed by atoms with E-state index in [9.17, 15) is 25.0 Å². The van der Waals surface area contributed by atoms with Gasteiger partial charge in [0.05, 0.1) is 4.92 Å². The lowest BCUT2D eigenvalue weighted by molar-refractivity contribution is -0.384. The molecule has 0 amide bonds. The van der Waals surface area contributed by atoms with Gasteiger partial charge >= 0.3 is 5.97 Å². The van der Waals surface area contributed by atoms with Crippen LogP contribution in [0.5, 0.6) is 5.75 Å². The first-order chi connectivity index (χ1) is 13.9. The number of carboxylic acid groups (broad SMARTS) is 1. The van der Waals surface area contributed by atoms with Crippen molar-refractivity contribution in [1.82, 2.24) is 4.98 Å². The summed E-state index contributed by atoms with van der Waals surface area (Å²) in [4.78, 5) is 35.9. The van der Waals surface area contributed by atoms with Crippen molar-refractivity contribution < 1.29 is 19.6 Å². The average molecular weight is 391 g/mol. The third kappa shape index (κ3) is 4.28. The average Bonchev–Trinajstić information content (AvgIpc) is 2.72. The number of ether oxygens (including phenoxy) is 1. The number of aliphatic carboxylic acids is 1. The first-order valence-corrected chi connectivity index (χ1v) is 8.26. The van der Waals surface area contributed by atoms with Gasteiger partial charge in [0.25, 0.3) is 11.2 Å². The Balaban J connectivity index is 2.01. The zero-order valence-corrected chi connectivity index (χ0v) is 14.8. The maximum absolute atomic E-state index is 12.4. The van der Waals surface area contributed by atoms with Crippen LogP contribution >= 0.6 is 0 Å². The molecule has 0 radical (unpaired) electrons. The van der Waals surface area contributed by atoms with Crippen molar-refractivity contribution in [2.24, 2.45) is 0 Å². The van der Waals surface area contributed by atoms with E-state index >= 15 is 0 Å². The number of carbonyl (C=O) groups is 1. The van der Waals surface area contributed by atoms with Crippen LogP contribution in [0.2, 0.25) is 0 Å². The number of pyridine rings is 1. The summed E-state index contributed by atoms with van der Waals surface area (Å²) in [6.45, 7) is -0.475. The predicted molar refractivity (Wildman–Crippen MR) is 102 cm³/mol. The van der Waals surface area contributed by atoms with Crippen molar-refractivity contribution in [3.63, 3.8) is 0 Å². The Hall–Kier alpha value is -4.45. The first kappa shape index (κ1) is 19.3. The van der Waals surface area contributed by atoms with E-state index in [1.165, 1.54) is 24.3 Å². The summed E-state index contributed by atoms with van der Waals surface area (Å²) in [6, 6.07) is 15.4. The summed E-state index contributed by atoms with van der Waals surface area (Å²) < 4.78 is 5.07. The number of nitriles is 1. The lowest BCUT2D eigenvalue weighted by atomic mass is 9.99. The molecule has 2 N–H and O–H groups in total. The lowest BCUT2D eigenvalue weighted by Gasteiger charge is -2.09. The third-order valence-electron chi connectivity index (χ3n) is 4.06. The van der Waals surface area contributed by atoms with Crippen LogP contribution in [0.1, 0.15) is 5.56 Å². The number of hydrogen-bond donors (Lipinski definition) is 2. The highest BCUT2D eigenvalue weighted by molar-refractivity contribution is 5.76. The number of H-pyrrole nitrogens is 1. The van der Waals surface area contributed by atoms with Crippen molar-refractivity contribution in [2.75, 3.05) is 6.61 Å². The van der Waals surface area contributed by atoms with Crippen LogP contribution in [0, 0.1) is 21.4 Å². The summed E-state index contributed by atoms with van der Waals surface area (Å²) in [5.74, 6) is -0.749. The van der Waals surface area contributed by atoms with Gasteiger partial charge in [0, 0.05) is 23.4 Å². The van der Waals surface area contributed by atoms with Gasteiger partial charge < -0.3 is 14.8 Å². The SMILES string of the molecule is N#Cc1c(-c2ccc([N+](=O)[O-])cc2)cc(-c2ccc(OCC(=O)O)cc2)[nH]c1=O. The van der Waals surface area contributed by atoms with Gasteiger partial charge in [-0.2, -0.15) is 5.26 Å². The second-order valence-electron chi connectivity index (χ2n) is 5.92. The number of nitro benzene ring substituents is 1. The van der Waals surface area contributed by atoms with Crippen molar-refractivity contribution in [3.05, 3.63) is 80.6 Å². The van der Waals surface area contributed by atoms with Crippen LogP contribution in [0.25, 0.3) is 22.4 Å². The minimum absolute atomic E-state index is 0.103. The van der Waals surface area contributed by atoms with Crippen molar-refractivity contribution in [3.8, 4) is 34.2 Å². The van der Waals surface area contributed by atoms with Gasteiger partial charge in [-0.3, -0.25) is 14.9 Å². The zero-order chi connectivity index (χ0) is 21.0. The standard InChI is InChI=1S/C20H13N3O6/c21-10-17-16(12-1-5-14(6-2-12)23(27)28)9-18(22-20(17)26)13-3-7-15(8-4-13)29-11-19(24)25/h1-9H,11H2,(H,22,26)(H,24,25). The summed E-state index contributed by atoms with van der Waals surface area (Å²) in [5.41, 5.74) is 1.06. The molecule has 0 atom stereocenters. The van der Waals surface area contributed by atoms with Gasteiger partial charge in [-0.05, 0) is 53.6 Å². The monoisotopic (exact) mass is 391 g/mol. The fourth-order valence-corrected chi connectivity index (χ4v) is 2.69. The number of aromatic nitrogens is 1. The number of hydrogen-bond acceptors (Lipinski definition) is 6. The summed E-state index contributed by atoms with van der Waals surface area (Å²) in [7, 11) is 0. The Morgan fingerprint density at radius 1 is 1.14 bits per heavy atom. The van der Waals surface area contributed by atoms with Crippen molar-refractivity contribution in [1.29, 1.82) is 5.26 Å². The van der Waals surface area contributed by atoms with E-state index in [1.807, 2.05) is 6.07 Å². The van der Waals surface area contributed by atoms with Gasteiger partial charge in [0.2, 0.25) is 0 Å². The molecule has 0 aliphatic rings. The van der Waals surface area contributed by atoms with E-state index in [1.54, 1.807) is 30.3 Å². The van der Waals surface area contributed by atoms with Gasteiger partial charge in [0.1, 0.15) is 17.4 Å². The number of nitrogens with one attached hydrogen (secondary N) is 1. The normalized spacial score (nSPS) is 10.2. The lowest BCUT2D eigenvalue weighted by Crippen LogP contribution is -2.12. The molecule has 3 aromatic rings. The molecule has 9 heteroatoms. The molecular weight excluding hydrogens is 378 g/mol. The largest absolute Gasteiger partial charge is 0.482 e. The smallest absolute Gasteiger partial charge is 0.341 e. The molecular formula is C20H13N3O6. The predicted octanol–water partition coefficient (Wildman–Crippen LogP) is 2.95. The van der Waals surface area contributed by atoms with E-state index in [0.717, 1.165) is 0 Å². The van der Waals surface area contributed by atoms with Gasteiger partial charge in [-0.25, -0.2) is 4.79 Å². The number of benzene rings is 2. The molecule has 1 aromatic heterocycles. The van der Waals surface area contributed by atoms with Gasteiger partial charge in [-0.1, -0.05) is 0 Å². The van der Waals surface area contributed by atoms with E-state index < -0.39 is 23.1 Å². The molecule has 3 rings (SSSR count). The third-order valence-corrected chi connectivity index (χ3v) is 4.06. The maximum atomic E-state index is 12.4. The van der Waals surface area contributed by atoms with Crippen LogP contribution in [-0.4, -0.2) is 27.6 Å². The zero-order valence-electron chi connectivity index (χ0n) is 14.8. The molecule has 144 valence electrons. The fraction of sp³-hybridized carbons (Fsp3) is 0.0500. The molecule has 29 heavy (non-hydrogen) atoms. The van der Waals surface area contributed by atoms with Crippen LogP contribution in [-0.2, 0) is 4.79 Å². The Bertz CT molecular complexity index is 1170. The minimum Gasteiger partial charge on any atom is -0.482 e. The number of aromatic amines is 1. The minimum atomic E-state index is -1.10. The van der Waals surface area contributed by atoms with Crippen LogP contribution in [0.3, 0.4) is 0 Å². The Morgan fingerprint density at radius 3 is 2.31 bits per heavy atom. The van der Waals surface area contributed by atoms with Gasteiger partial charge in [-0.15, -0.1) is 0 Å². The molecule has 0 fully saturated rings. The molecule has 0 saturated carbocycles. The maximum Gasteiger partial charge on any atom is 0.341 e. The highest BCUT2D eigenvalue weighted by Crippen LogP contribution is 2.28. The number of non-ortho nitro benzene ring substituents is 1. The summed E-state index contributed by atoms with van der Waals surface area (Å²) >= 11 is 0. The number of nitro groups is 1. The van der Waals surface area contributed by atoms with Crippen LogP contribution in [0.15, 0.2) is 59.4 Å². The Labute approximate surface area is 163 Å². The second-order valence-corrected chi connectivity index (χ2v) is 5.92. The highest BCUT2D eigenvalue weighted by Gasteiger charge is 2.14. The Morgan fingerprint density at radius 2 is 1.76 bits per heavy atom. The molecule has 0 spiro atoms. The molecule has 0 bridgehead atoms. The van der Waals surface area contributed by atoms with E-state index in [0.29, 0.717) is 28.1 Å². The molecule has 0 saturated heterocycles. The van der Waals surface area contributed by atoms with Gasteiger partial charge in [0.15, 0.2) is 6.61 Å². The quantitative estimate of drug-likeness (QED) is 0.485. The fourth-order valence-electron chi connectivity index (χ4n) is 2.69. The van der Waals surface area contributed by atoms with Crippen LogP contribution < -0.4 is 10.3 Å². The molecule has 0 aliphatic heterocycles. The molecule has 0 aliphatic carbocycles. The summed E-state index contributed by atoms with van der Waals surface area (Å²) in [5, 5.41) is 28.8. The van der Waals surface area contributed by atoms with Crippen LogP contribution in [0.4, 0.5) is 5.69 Å². The van der Waals surface area contributed by atoms with Crippen molar-refractivity contribution in [2.45, 2.75) is 0 Å². The number of rotatable bonds is 6. The van der Waals surface area contributed by atoms with E-state index in [4.69, 9.17) is 9.84 Å². The molecule has 2 aromatic carbocycles. The van der Waals surface area contributed by atoms with E-state index in [-0.39, 0.29) is 11.3 Å². The Kier molecular flexibility index (Phi) is 5.37. The molecule has 9 nitrogen and oxygen atoms in total. The second kappa shape index (κ2) is 8.06. The topological polar surface area (TPSA) is 146 Å². The number of carboxylic acids is 1. The number of nitrogens with zero attached hydrogens (tertiary/aromatic N) is 2. The highest BCUT2D eigenvalue weighted by atomic mass is 16.6. The summed E-state index contributed by atoms with van der Waals surface area (Å²) in [6.07, 6.45) is 0. The molecule has 1 heterocycles. The molecule has 0 unspecified atom stereocenters. The van der Waals surface area contributed by atoms with E-state index in [2.05, 4.69) is 4.98 Å².